The summed E-state index contributed by atoms with van der Waals surface area (Å²) in [6.07, 6.45) is 0. The van der Waals surface area contributed by atoms with Crippen molar-refractivity contribution in [2.45, 2.75) is 52.2 Å². The monoisotopic (exact) mass is 244 g/mol. The van der Waals surface area contributed by atoms with Gasteiger partial charge in [-0.1, -0.05) is 0 Å². The lowest BCUT2D eigenvalue weighted by molar-refractivity contribution is -0.127. The Morgan fingerprint density at radius 3 is 2.56 bits per heavy atom. The minimum absolute atomic E-state index is 0.0398. The van der Waals surface area contributed by atoms with E-state index in [2.05, 4.69) is 24.1 Å². The van der Waals surface area contributed by atoms with Gasteiger partial charge in [0.05, 0.1) is 6.04 Å². The van der Waals surface area contributed by atoms with Crippen molar-refractivity contribution in [3.05, 3.63) is 0 Å². The highest BCUT2D eigenvalue weighted by atomic mass is 32.2. The molecule has 4 heteroatoms. The summed E-state index contributed by atoms with van der Waals surface area (Å²) >= 11 is 1.88. The molecule has 1 atom stereocenters. The van der Waals surface area contributed by atoms with E-state index in [1.807, 2.05) is 32.5 Å². The van der Waals surface area contributed by atoms with Crippen molar-refractivity contribution in [1.29, 1.82) is 0 Å². The van der Waals surface area contributed by atoms with E-state index in [9.17, 15) is 4.79 Å². The fourth-order valence-corrected chi connectivity index (χ4v) is 2.99. The maximum Gasteiger partial charge on any atom is 0.238 e. The molecule has 0 aromatic heterocycles. The first-order chi connectivity index (χ1) is 7.31. The molecule has 1 aliphatic rings. The number of nitrogens with zero attached hydrogens (tertiary/aromatic N) is 1. The molecule has 16 heavy (non-hydrogen) atoms. The Balaban J connectivity index is 2.64. The van der Waals surface area contributed by atoms with Crippen LogP contribution in [-0.4, -0.2) is 46.5 Å². The van der Waals surface area contributed by atoms with Gasteiger partial charge in [0.1, 0.15) is 0 Å². The third kappa shape index (κ3) is 3.98. The second-order valence-corrected chi connectivity index (χ2v) is 6.81. The van der Waals surface area contributed by atoms with E-state index in [1.165, 1.54) is 0 Å². The first-order valence-electron chi connectivity index (χ1n) is 5.97. The molecule has 1 aliphatic heterocycles. The van der Waals surface area contributed by atoms with Crippen molar-refractivity contribution in [3.63, 3.8) is 0 Å². The van der Waals surface area contributed by atoms with Gasteiger partial charge in [0, 0.05) is 29.6 Å². The summed E-state index contributed by atoms with van der Waals surface area (Å²) in [5, 5.41) is 3.08. The molecule has 0 aliphatic carbocycles. The Hall–Kier alpha value is -0.220. The Kier molecular flexibility index (Phi) is 4.68. The van der Waals surface area contributed by atoms with Crippen LogP contribution in [0.2, 0.25) is 0 Å². The van der Waals surface area contributed by atoms with Gasteiger partial charge < -0.3 is 5.32 Å². The lowest BCUT2D eigenvalue weighted by atomic mass is 10.1. The van der Waals surface area contributed by atoms with E-state index in [0.717, 1.165) is 18.1 Å². The van der Waals surface area contributed by atoms with E-state index in [-0.39, 0.29) is 17.5 Å². The first-order valence-corrected chi connectivity index (χ1v) is 7.12. The number of thioether (sulfide) groups is 1. The third-order valence-corrected chi connectivity index (χ3v) is 3.66. The van der Waals surface area contributed by atoms with Crippen molar-refractivity contribution >= 4 is 17.7 Å². The lowest BCUT2D eigenvalue weighted by Crippen LogP contribution is -2.57. The fraction of sp³-hybridized carbons (Fsp3) is 0.917. The summed E-state index contributed by atoms with van der Waals surface area (Å²) in [4.78, 5) is 14.5. The molecule has 94 valence electrons. The van der Waals surface area contributed by atoms with Crippen LogP contribution >= 0.6 is 11.8 Å². The van der Waals surface area contributed by atoms with Crippen molar-refractivity contribution in [1.82, 2.24) is 10.2 Å². The molecule has 0 radical (unpaired) electrons. The van der Waals surface area contributed by atoms with E-state index in [4.69, 9.17) is 0 Å². The Bertz CT molecular complexity index is 248. The van der Waals surface area contributed by atoms with Gasteiger partial charge >= 0.3 is 0 Å². The maximum atomic E-state index is 12.2. The highest BCUT2D eigenvalue weighted by Gasteiger charge is 2.32. The molecule has 1 heterocycles. The van der Waals surface area contributed by atoms with Gasteiger partial charge in [-0.3, -0.25) is 9.69 Å². The zero-order valence-corrected chi connectivity index (χ0v) is 11.9. The number of carbonyl (C=O) groups excluding carboxylic acids is 1. The molecule has 0 unspecified atom stereocenters. The quantitative estimate of drug-likeness (QED) is 0.803. The minimum Gasteiger partial charge on any atom is -0.350 e. The van der Waals surface area contributed by atoms with Crippen LogP contribution in [0.5, 0.6) is 0 Å². The molecule has 1 amide bonds. The van der Waals surface area contributed by atoms with Gasteiger partial charge in [0.2, 0.25) is 5.91 Å². The van der Waals surface area contributed by atoms with Crippen molar-refractivity contribution in [2.24, 2.45) is 0 Å². The van der Waals surface area contributed by atoms with Crippen LogP contribution in [0.3, 0.4) is 0 Å². The number of nitrogens with one attached hydrogen (secondary N) is 1. The first kappa shape index (κ1) is 13.8. The summed E-state index contributed by atoms with van der Waals surface area (Å²) in [5.74, 6) is 2.23. The maximum absolute atomic E-state index is 12.2. The van der Waals surface area contributed by atoms with Gasteiger partial charge in [-0.2, -0.15) is 11.8 Å². The zero-order chi connectivity index (χ0) is 12.3. The largest absolute Gasteiger partial charge is 0.350 e. The van der Waals surface area contributed by atoms with Gasteiger partial charge in [0.25, 0.3) is 0 Å². The highest BCUT2D eigenvalue weighted by molar-refractivity contribution is 7.99. The summed E-state index contributed by atoms with van der Waals surface area (Å²) in [6, 6.07) is 0.481. The Labute approximate surface area is 103 Å². The standard InChI is InChI=1S/C12H24N2OS/c1-9(2)14-6-7-16-8-10(14)11(15)13-12(3,4)5/h9-10H,6-8H2,1-5H3,(H,13,15)/t10-/m0/s1. The van der Waals surface area contributed by atoms with Crippen molar-refractivity contribution < 1.29 is 4.79 Å². The Morgan fingerprint density at radius 2 is 2.06 bits per heavy atom. The van der Waals surface area contributed by atoms with Crippen molar-refractivity contribution in [3.8, 4) is 0 Å². The van der Waals surface area contributed by atoms with E-state index >= 15 is 0 Å². The fourth-order valence-electron chi connectivity index (χ4n) is 1.91. The van der Waals surface area contributed by atoms with E-state index in [1.54, 1.807) is 0 Å². The van der Waals surface area contributed by atoms with Crippen LogP contribution in [0.1, 0.15) is 34.6 Å². The second-order valence-electron chi connectivity index (χ2n) is 5.66. The number of hydrogen-bond donors (Lipinski definition) is 1. The van der Waals surface area contributed by atoms with Crippen LogP contribution in [0, 0.1) is 0 Å². The van der Waals surface area contributed by atoms with Crippen LogP contribution in [0.25, 0.3) is 0 Å². The lowest BCUT2D eigenvalue weighted by Gasteiger charge is -2.38. The average Bonchev–Trinajstić information content (AvgIpc) is 2.15. The SMILES string of the molecule is CC(C)N1CCSC[C@H]1C(=O)NC(C)(C)C. The van der Waals surface area contributed by atoms with Gasteiger partial charge in [-0.25, -0.2) is 0 Å². The molecule has 0 saturated carbocycles. The molecule has 1 fully saturated rings. The zero-order valence-electron chi connectivity index (χ0n) is 11.0. The normalized spacial score (nSPS) is 23.5. The summed E-state index contributed by atoms with van der Waals surface area (Å²) in [5.41, 5.74) is -0.137. The van der Waals surface area contributed by atoms with E-state index < -0.39 is 0 Å². The molecule has 1 saturated heterocycles. The molecule has 3 nitrogen and oxygen atoms in total. The van der Waals surface area contributed by atoms with Gasteiger partial charge in [0.15, 0.2) is 0 Å². The van der Waals surface area contributed by atoms with E-state index in [0.29, 0.717) is 6.04 Å². The van der Waals surface area contributed by atoms with Gasteiger partial charge in [-0.15, -0.1) is 0 Å². The van der Waals surface area contributed by atoms with Crippen molar-refractivity contribution in [2.75, 3.05) is 18.1 Å². The third-order valence-electron chi connectivity index (χ3n) is 2.63. The number of carbonyl (C=O) groups is 1. The Morgan fingerprint density at radius 1 is 1.44 bits per heavy atom. The molecular formula is C12H24N2OS. The molecular weight excluding hydrogens is 220 g/mol. The van der Waals surface area contributed by atoms with Crippen LogP contribution in [-0.2, 0) is 4.79 Å². The summed E-state index contributed by atoms with van der Waals surface area (Å²) in [6.45, 7) is 11.4. The highest BCUT2D eigenvalue weighted by Crippen LogP contribution is 2.19. The van der Waals surface area contributed by atoms with Gasteiger partial charge in [-0.05, 0) is 34.6 Å². The van der Waals surface area contributed by atoms with Crippen LogP contribution in [0.15, 0.2) is 0 Å². The summed E-state index contributed by atoms with van der Waals surface area (Å²) < 4.78 is 0. The predicted octanol–water partition coefficient (Wildman–Crippen LogP) is 1.73. The molecule has 1 N–H and O–H groups in total. The van der Waals surface area contributed by atoms with Crippen LogP contribution in [0.4, 0.5) is 0 Å². The molecule has 0 aromatic carbocycles. The van der Waals surface area contributed by atoms with Crippen LogP contribution < -0.4 is 5.32 Å². The molecule has 1 rings (SSSR count). The average molecular weight is 244 g/mol. The molecule has 0 bridgehead atoms. The number of rotatable bonds is 2. The molecule has 0 spiro atoms. The summed E-state index contributed by atoms with van der Waals surface area (Å²) in [7, 11) is 0. The molecule has 0 aromatic rings. The number of hydrogen-bond acceptors (Lipinski definition) is 3. The minimum atomic E-state index is -0.137. The topological polar surface area (TPSA) is 32.3 Å². The number of amides is 1. The smallest absolute Gasteiger partial charge is 0.238 e. The second kappa shape index (κ2) is 5.41. The predicted molar refractivity (Wildman–Crippen MR) is 70.9 cm³/mol.